The third-order valence-electron chi connectivity index (χ3n) is 4.59. The van der Waals surface area contributed by atoms with Gasteiger partial charge in [0.15, 0.2) is 5.13 Å². The number of hydrogen-bond acceptors (Lipinski definition) is 5. The van der Waals surface area contributed by atoms with Gasteiger partial charge in [-0.1, -0.05) is 26.7 Å². The number of thiazole rings is 1. The molecule has 7 heteroatoms. The van der Waals surface area contributed by atoms with Crippen molar-refractivity contribution < 1.29 is 14.3 Å². The van der Waals surface area contributed by atoms with Gasteiger partial charge in [0.2, 0.25) is 11.8 Å². The van der Waals surface area contributed by atoms with Gasteiger partial charge in [0.25, 0.3) is 0 Å². The average Bonchev–Trinajstić information content (AvgIpc) is 2.95. The Kier molecular flexibility index (Phi) is 11.2. The Hall–Kier alpha value is -1.47. The normalized spacial score (nSPS) is 12.0. The zero-order valence-corrected chi connectivity index (χ0v) is 18.3. The van der Waals surface area contributed by atoms with Gasteiger partial charge in [-0.15, -0.1) is 11.3 Å². The number of anilines is 1. The second-order valence-corrected chi connectivity index (χ2v) is 7.97. The molecule has 0 aliphatic heterocycles. The predicted molar refractivity (Wildman–Crippen MR) is 111 cm³/mol. The summed E-state index contributed by atoms with van der Waals surface area (Å²) in [7, 11) is 0. The first-order chi connectivity index (χ1) is 12.9. The molecule has 0 bridgehead atoms. The molecule has 0 saturated heterocycles. The molecule has 1 unspecified atom stereocenters. The van der Waals surface area contributed by atoms with Crippen molar-refractivity contribution >= 4 is 28.3 Å². The molecule has 0 spiro atoms. The SMILES string of the molecule is CCCCC(CC)C(=O)N(CCCOCC)CC(=O)Nc1nc(C)c(C)s1. The fourth-order valence-corrected chi connectivity index (χ4v) is 3.67. The van der Waals surface area contributed by atoms with Gasteiger partial charge in [-0.3, -0.25) is 9.59 Å². The molecule has 27 heavy (non-hydrogen) atoms. The van der Waals surface area contributed by atoms with Crippen LogP contribution in [0, 0.1) is 19.8 Å². The van der Waals surface area contributed by atoms with Crippen LogP contribution in [0.3, 0.4) is 0 Å². The number of carbonyl (C=O) groups excluding carboxylic acids is 2. The third-order valence-corrected chi connectivity index (χ3v) is 5.58. The van der Waals surface area contributed by atoms with Crippen molar-refractivity contribution in [3.05, 3.63) is 10.6 Å². The van der Waals surface area contributed by atoms with Crippen molar-refractivity contribution in [2.75, 3.05) is 31.6 Å². The van der Waals surface area contributed by atoms with Gasteiger partial charge >= 0.3 is 0 Å². The molecule has 6 nitrogen and oxygen atoms in total. The van der Waals surface area contributed by atoms with Crippen molar-refractivity contribution in [3.63, 3.8) is 0 Å². The summed E-state index contributed by atoms with van der Waals surface area (Å²) in [6.45, 7) is 11.9. The van der Waals surface area contributed by atoms with E-state index in [2.05, 4.69) is 17.2 Å². The van der Waals surface area contributed by atoms with Crippen molar-refractivity contribution in [1.29, 1.82) is 0 Å². The zero-order valence-electron chi connectivity index (χ0n) is 17.5. The van der Waals surface area contributed by atoms with Crippen LogP contribution in [-0.4, -0.2) is 48.0 Å². The number of hydrogen-bond donors (Lipinski definition) is 1. The van der Waals surface area contributed by atoms with E-state index < -0.39 is 0 Å². The van der Waals surface area contributed by atoms with Crippen LogP contribution >= 0.6 is 11.3 Å². The lowest BCUT2D eigenvalue weighted by molar-refractivity contribution is -0.139. The molecule has 0 radical (unpaired) electrons. The van der Waals surface area contributed by atoms with Crippen LogP contribution in [0.4, 0.5) is 5.13 Å². The summed E-state index contributed by atoms with van der Waals surface area (Å²) in [4.78, 5) is 32.6. The van der Waals surface area contributed by atoms with E-state index in [0.717, 1.165) is 42.7 Å². The maximum absolute atomic E-state index is 13.0. The fourth-order valence-electron chi connectivity index (χ4n) is 2.84. The van der Waals surface area contributed by atoms with Crippen LogP contribution < -0.4 is 5.32 Å². The maximum Gasteiger partial charge on any atom is 0.245 e. The highest BCUT2D eigenvalue weighted by molar-refractivity contribution is 7.15. The number of carbonyl (C=O) groups is 2. The lowest BCUT2D eigenvalue weighted by Crippen LogP contribution is -2.42. The number of rotatable bonds is 13. The number of unbranched alkanes of at least 4 members (excludes halogenated alkanes) is 1. The minimum atomic E-state index is -0.196. The van der Waals surface area contributed by atoms with Crippen LogP contribution in [0.25, 0.3) is 0 Å². The van der Waals surface area contributed by atoms with Crippen molar-refractivity contribution in [1.82, 2.24) is 9.88 Å². The highest BCUT2D eigenvalue weighted by Crippen LogP contribution is 2.21. The summed E-state index contributed by atoms with van der Waals surface area (Å²) < 4.78 is 5.39. The molecule has 1 aromatic rings. The monoisotopic (exact) mass is 397 g/mol. The van der Waals surface area contributed by atoms with Crippen molar-refractivity contribution in [2.24, 2.45) is 5.92 Å². The summed E-state index contributed by atoms with van der Waals surface area (Å²) in [5, 5.41) is 3.43. The summed E-state index contributed by atoms with van der Waals surface area (Å²) in [5.41, 5.74) is 0.922. The Morgan fingerprint density at radius 3 is 2.52 bits per heavy atom. The van der Waals surface area contributed by atoms with E-state index in [4.69, 9.17) is 4.74 Å². The second-order valence-electron chi connectivity index (χ2n) is 6.77. The number of ether oxygens (including phenoxy) is 1. The van der Waals surface area contributed by atoms with Gasteiger partial charge in [0, 0.05) is 30.6 Å². The van der Waals surface area contributed by atoms with Crippen molar-refractivity contribution in [2.45, 2.75) is 66.7 Å². The predicted octanol–water partition coefficient (Wildman–Crippen LogP) is 4.17. The topological polar surface area (TPSA) is 71.5 Å². The Balaban J connectivity index is 2.73. The largest absolute Gasteiger partial charge is 0.382 e. The second kappa shape index (κ2) is 12.8. The Morgan fingerprint density at radius 1 is 1.22 bits per heavy atom. The van der Waals surface area contributed by atoms with Gasteiger partial charge in [-0.2, -0.15) is 0 Å². The highest BCUT2D eigenvalue weighted by atomic mass is 32.1. The molecule has 0 fully saturated rings. The first kappa shape index (κ1) is 23.6. The molecule has 1 heterocycles. The van der Waals surface area contributed by atoms with E-state index in [-0.39, 0.29) is 24.3 Å². The van der Waals surface area contributed by atoms with E-state index in [0.29, 0.717) is 24.9 Å². The highest BCUT2D eigenvalue weighted by Gasteiger charge is 2.24. The van der Waals surface area contributed by atoms with Crippen LogP contribution in [0.2, 0.25) is 0 Å². The number of amides is 2. The molecule has 0 aliphatic carbocycles. The lowest BCUT2D eigenvalue weighted by atomic mass is 9.97. The van der Waals surface area contributed by atoms with Crippen LogP contribution in [0.15, 0.2) is 0 Å². The molecule has 2 amide bonds. The minimum Gasteiger partial charge on any atom is -0.382 e. The molecule has 154 valence electrons. The number of nitrogens with zero attached hydrogens (tertiary/aromatic N) is 2. The van der Waals surface area contributed by atoms with E-state index in [1.807, 2.05) is 27.7 Å². The van der Waals surface area contributed by atoms with E-state index >= 15 is 0 Å². The van der Waals surface area contributed by atoms with E-state index in [1.165, 1.54) is 11.3 Å². The molecular formula is C20H35N3O3S. The van der Waals surface area contributed by atoms with E-state index in [9.17, 15) is 9.59 Å². The smallest absolute Gasteiger partial charge is 0.245 e. The summed E-state index contributed by atoms with van der Waals surface area (Å²) >= 11 is 1.46. The molecule has 0 aliphatic rings. The quantitative estimate of drug-likeness (QED) is 0.507. The average molecular weight is 398 g/mol. The number of nitrogens with one attached hydrogen (secondary N) is 1. The van der Waals surface area contributed by atoms with Gasteiger partial charge in [0.1, 0.15) is 0 Å². The van der Waals surface area contributed by atoms with Gasteiger partial charge < -0.3 is 15.0 Å². The standard InChI is InChI=1S/C20H35N3O3S/c1-6-9-11-17(7-2)19(25)23(12-10-13-26-8-3)14-18(24)22-20-21-15(4)16(5)27-20/h17H,6-14H2,1-5H3,(H,21,22,24). The lowest BCUT2D eigenvalue weighted by Gasteiger charge is -2.26. The number of aryl methyl sites for hydroxylation is 2. The van der Waals surface area contributed by atoms with Gasteiger partial charge in [-0.25, -0.2) is 4.98 Å². The first-order valence-corrected chi connectivity index (χ1v) is 10.8. The third kappa shape index (κ3) is 8.39. The van der Waals surface area contributed by atoms with E-state index in [1.54, 1.807) is 4.90 Å². The Bertz CT molecular complexity index is 570. The van der Waals surface area contributed by atoms with Gasteiger partial charge in [0.05, 0.1) is 12.2 Å². The van der Waals surface area contributed by atoms with Crippen LogP contribution in [-0.2, 0) is 14.3 Å². The summed E-state index contributed by atoms with van der Waals surface area (Å²) in [6.07, 6.45) is 4.50. The van der Waals surface area contributed by atoms with Crippen LogP contribution in [0.5, 0.6) is 0 Å². The molecule has 0 saturated carbocycles. The molecule has 1 N–H and O–H groups in total. The van der Waals surface area contributed by atoms with Crippen molar-refractivity contribution in [3.8, 4) is 0 Å². The fraction of sp³-hybridized carbons (Fsp3) is 0.750. The maximum atomic E-state index is 13.0. The molecule has 0 aromatic carbocycles. The zero-order chi connectivity index (χ0) is 20.2. The first-order valence-electron chi connectivity index (χ1n) is 10.0. The minimum absolute atomic E-state index is 0.0193. The molecule has 1 atom stereocenters. The summed E-state index contributed by atoms with van der Waals surface area (Å²) in [5.74, 6) is -0.142. The Labute approximate surface area is 167 Å². The molecule has 1 aromatic heterocycles. The van der Waals surface area contributed by atoms with Gasteiger partial charge in [-0.05, 0) is 40.0 Å². The number of aromatic nitrogens is 1. The molecule has 1 rings (SSSR count). The van der Waals surface area contributed by atoms with Crippen LogP contribution in [0.1, 0.15) is 63.4 Å². The Morgan fingerprint density at radius 2 is 1.96 bits per heavy atom. The summed E-state index contributed by atoms with van der Waals surface area (Å²) in [6, 6.07) is 0. The molecular weight excluding hydrogens is 362 g/mol.